The lowest BCUT2D eigenvalue weighted by Crippen LogP contribution is -2.19. The van der Waals surface area contributed by atoms with Gasteiger partial charge in [-0.3, -0.25) is 4.79 Å². The van der Waals surface area contributed by atoms with E-state index in [0.717, 1.165) is 25.7 Å². The average molecular weight is 168 g/mol. The van der Waals surface area contributed by atoms with Gasteiger partial charge in [0.1, 0.15) is 0 Å². The first-order chi connectivity index (χ1) is 5.79. The Balaban J connectivity index is 2.50. The van der Waals surface area contributed by atoms with E-state index in [2.05, 4.69) is 6.58 Å². The molecule has 1 aliphatic rings. The highest BCUT2D eigenvalue weighted by molar-refractivity contribution is 5.72. The third-order valence-electron chi connectivity index (χ3n) is 2.63. The summed E-state index contributed by atoms with van der Waals surface area (Å²) in [4.78, 5) is 11.2. The lowest BCUT2D eigenvalue weighted by atomic mass is 9.93. The molecule has 1 aliphatic carbocycles. The molecule has 0 aromatic carbocycles. The normalized spacial score (nSPS) is 28.4. The molecule has 2 nitrogen and oxygen atoms in total. The van der Waals surface area contributed by atoms with Gasteiger partial charge in [-0.05, 0) is 25.2 Å². The monoisotopic (exact) mass is 168 g/mol. The summed E-state index contributed by atoms with van der Waals surface area (Å²) in [5.41, 5.74) is 0. The van der Waals surface area contributed by atoms with Gasteiger partial charge in [-0.2, -0.15) is 0 Å². The summed E-state index contributed by atoms with van der Waals surface area (Å²) < 4.78 is 4.74. The van der Waals surface area contributed by atoms with Gasteiger partial charge in [-0.25, -0.2) is 0 Å². The highest BCUT2D eigenvalue weighted by atomic mass is 16.5. The smallest absolute Gasteiger partial charge is 0.308 e. The fourth-order valence-corrected chi connectivity index (χ4v) is 1.99. The molecular weight excluding hydrogens is 152 g/mol. The Morgan fingerprint density at radius 1 is 1.67 bits per heavy atom. The first-order valence-electron chi connectivity index (χ1n) is 4.48. The predicted molar refractivity (Wildman–Crippen MR) is 47.7 cm³/mol. The van der Waals surface area contributed by atoms with E-state index < -0.39 is 0 Å². The van der Waals surface area contributed by atoms with Crippen molar-refractivity contribution in [2.24, 2.45) is 11.8 Å². The van der Waals surface area contributed by atoms with Crippen molar-refractivity contribution in [1.82, 2.24) is 0 Å². The number of carbonyl (C=O) groups is 1. The van der Waals surface area contributed by atoms with Crippen molar-refractivity contribution in [3.63, 3.8) is 0 Å². The van der Waals surface area contributed by atoms with Gasteiger partial charge in [-0.15, -0.1) is 6.58 Å². The summed E-state index contributed by atoms with van der Waals surface area (Å²) in [6, 6.07) is 0. The molecule has 1 fully saturated rings. The Morgan fingerprint density at radius 3 is 3.00 bits per heavy atom. The summed E-state index contributed by atoms with van der Waals surface area (Å²) in [5, 5.41) is 0. The third kappa shape index (κ3) is 1.87. The highest BCUT2D eigenvalue weighted by Crippen LogP contribution is 2.34. The summed E-state index contributed by atoms with van der Waals surface area (Å²) in [5.74, 6) is 0.572. The van der Waals surface area contributed by atoms with E-state index in [4.69, 9.17) is 4.74 Å². The maximum atomic E-state index is 11.2. The number of ether oxygens (including phenoxy) is 1. The molecule has 2 heteroatoms. The average Bonchev–Trinajstić information content (AvgIpc) is 2.52. The Labute approximate surface area is 73.6 Å². The Bertz CT molecular complexity index is 175. The fraction of sp³-hybridized carbons (Fsp3) is 0.700. The Kier molecular flexibility index (Phi) is 3.32. The van der Waals surface area contributed by atoms with Crippen molar-refractivity contribution in [3.8, 4) is 0 Å². The predicted octanol–water partition coefficient (Wildman–Crippen LogP) is 2.15. The number of rotatable bonds is 3. The van der Waals surface area contributed by atoms with Gasteiger partial charge in [0.15, 0.2) is 0 Å². The summed E-state index contributed by atoms with van der Waals surface area (Å²) in [6.07, 6.45) is 6.13. The molecule has 0 amide bonds. The number of hydrogen-bond acceptors (Lipinski definition) is 2. The van der Waals surface area contributed by atoms with E-state index in [1.54, 1.807) is 0 Å². The van der Waals surface area contributed by atoms with Crippen LogP contribution in [0.15, 0.2) is 12.7 Å². The molecule has 0 unspecified atom stereocenters. The van der Waals surface area contributed by atoms with Crippen molar-refractivity contribution < 1.29 is 9.53 Å². The molecule has 0 bridgehead atoms. The van der Waals surface area contributed by atoms with Gasteiger partial charge in [0.05, 0.1) is 13.0 Å². The van der Waals surface area contributed by atoms with Gasteiger partial charge >= 0.3 is 5.97 Å². The Hall–Kier alpha value is -0.790. The third-order valence-corrected chi connectivity index (χ3v) is 2.63. The molecule has 0 spiro atoms. The Morgan fingerprint density at radius 2 is 2.42 bits per heavy atom. The van der Waals surface area contributed by atoms with Crippen molar-refractivity contribution in [3.05, 3.63) is 12.7 Å². The maximum Gasteiger partial charge on any atom is 0.308 e. The first kappa shape index (κ1) is 9.30. The van der Waals surface area contributed by atoms with Gasteiger partial charge in [-0.1, -0.05) is 12.5 Å². The van der Waals surface area contributed by atoms with Crippen LogP contribution in [0.25, 0.3) is 0 Å². The number of carbonyl (C=O) groups excluding carboxylic acids is 1. The van der Waals surface area contributed by atoms with E-state index in [1.807, 2.05) is 6.08 Å². The van der Waals surface area contributed by atoms with E-state index in [9.17, 15) is 4.79 Å². The van der Waals surface area contributed by atoms with Crippen LogP contribution in [0.4, 0.5) is 0 Å². The minimum absolute atomic E-state index is 0.0423. The standard InChI is InChI=1S/C10H16O2/c1-3-5-8-6-4-7-9(8)10(11)12-2/h3,8-9H,1,4-7H2,2H3/t8-,9-/m1/s1. The van der Waals surface area contributed by atoms with Gasteiger partial charge in [0.25, 0.3) is 0 Å². The van der Waals surface area contributed by atoms with Crippen molar-refractivity contribution >= 4 is 5.97 Å². The van der Waals surface area contributed by atoms with Crippen LogP contribution in [0.3, 0.4) is 0 Å². The van der Waals surface area contributed by atoms with Gasteiger partial charge < -0.3 is 4.74 Å². The molecule has 2 atom stereocenters. The molecule has 68 valence electrons. The lowest BCUT2D eigenvalue weighted by Gasteiger charge is -2.14. The summed E-state index contributed by atoms with van der Waals surface area (Å²) in [6.45, 7) is 3.69. The molecule has 1 saturated carbocycles. The maximum absolute atomic E-state index is 11.2. The molecule has 0 heterocycles. The molecule has 0 aliphatic heterocycles. The van der Waals surface area contributed by atoms with E-state index in [1.165, 1.54) is 7.11 Å². The van der Waals surface area contributed by atoms with Crippen LogP contribution in [-0.2, 0) is 9.53 Å². The van der Waals surface area contributed by atoms with E-state index in [-0.39, 0.29) is 11.9 Å². The van der Waals surface area contributed by atoms with Crippen molar-refractivity contribution in [1.29, 1.82) is 0 Å². The molecule has 0 aromatic rings. The van der Waals surface area contributed by atoms with Crippen LogP contribution in [0, 0.1) is 11.8 Å². The van der Waals surface area contributed by atoms with Crippen LogP contribution in [0.2, 0.25) is 0 Å². The minimum atomic E-state index is -0.0423. The topological polar surface area (TPSA) is 26.3 Å². The minimum Gasteiger partial charge on any atom is -0.469 e. The number of esters is 1. The largest absolute Gasteiger partial charge is 0.469 e. The van der Waals surface area contributed by atoms with Gasteiger partial charge in [0.2, 0.25) is 0 Å². The molecule has 0 radical (unpaired) electrons. The second-order valence-electron chi connectivity index (χ2n) is 3.35. The lowest BCUT2D eigenvalue weighted by molar-refractivity contribution is -0.146. The highest BCUT2D eigenvalue weighted by Gasteiger charge is 2.32. The number of hydrogen-bond donors (Lipinski definition) is 0. The second kappa shape index (κ2) is 4.29. The van der Waals surface area contributed by atoms with Crippen LogP contribution in [0.5, 0.6) is 0 Å². The molecule has 12 heavy (non-hydrogen) atoms. The zero-order valence-electron chi connectivity index (χ0n) is 7.58. The number of allylic oxidation sites excluding steroid dienone is 1. The number of methoxy groups -OCH3 is 1. The van der Waals surface area contributed by atoms with Gasteiger partial charge in [0, 0.05) is 0 Å². The fourth-order valence-electron chi connectivity index (χ4n) is 1.99. The zero-order valence-corrected chi connectivity index (χ0v) is 7.58. The first-order valence-corrected chi connectivity index (χ1v) is 4.48. The summed E-state index contributed by atoms with van der Waals surface area (Å²) >= 11 is 0. The SMILES string of the molecule is C=CC[C@@H]1CCC[C@H]1C(=O)OC. The molecular formula is C10H16O2. The molecule has 0 saturated heterocycles. The van der Waals surface area contributed by atoms with Crippen LogP contribution >= 0.6 is 0 Å². The van der Waals surface area contributed by atoms with Crippen LogP contribution < -0.4 is 0 Å². The second-order valence-corrected chi connectivity index (χ2v) is 3.35. The van der Waals surface area contributed by atoms with E-state index in [0.29, 0.717) is 5.92 Å². The van der Waals surface area contributed by atoms with Crippen LogP contribution in [-0.4, -0.2) is 13.1 Å². The van der Waals surface area contributed by atoms with Crippen molar-refractivity contribution in [2.75, 3.05) is 7.11 Å². The summed E-state index contributed by atoms with van der Waals surface area (Å²) in [7, 11) is 1.46. The van der Waals surface area contributed by atoms with Crippen molar-refractivity contribution in [2.45, 2.75) is 25.7 Å². The molecule has 0 N–H and O–H groups in total. The quantitative estimate of drug-likeness (QED) is 0.477. The molecule has 0 aromatic heterocycles. The van der Waals surface area contributed by atoms with E-state index >= 15 is 0 Å². The molecule has 1 rings (SSSR count). The van der Waals surface area contributed by atoms with Crippen LogP contribution in [0.1, 0.15) is 25.7 Å². The zero-order chi connectivity index (χ0) is 8.97.